The lowest BCUT2D eigenvalue weighted by molar-refractivity contribution is 0.0882. The summed E-state index contributed by atoms with van der Waals surface area (Å²) in [6, 6.07) is 0. The zero-order valence-electron chi connectivity index (χ0n) is 8.29. The Hall–Kier alpha value is -0.0800. The maximum absolute atomic E-state index is 9.59. The van der Waals surface area contributed by atoms with E-state index in [4.69, 9.17) is 5.11 Å². The molecule has 0 spiro atoms. The third-order valence-corrected chi connectivity index (χ3v) is 2.35. The first kappa shape index (κ1) is 11.9. The van der Waals surface area contributed by atoms with Gasteiger partial charge in [0.25, 0.3) is 0 Å². The molecule has 0 bridgehead atoms. The fourth-order valence-electron chi connectivity index (χ4n) is 1.59. The smallest absolute Gasteiger partial charge is 0.0565 e. The Labute approximate surface area is 75.6 Å². The van der Waals surface area contributed by atoms with Crippen LogP contribution in [0.5, 0.6) is 0 Å². The lowest BCUT2D eigenvalue weighted by Gasteiger charge is -2.20. The molecule has 0 radical (unpaired) electrons. The molecule has 0 heterocycles. The SMILES string of the molecule is CCCC(CCCO)C(O)CC. The molecule has 2 atom stereocenters. The minimum absolute atomic E-state index is 0.170. The summed E-state index contributed by atoms with van der Waals surface area (Å²) in [5, 5.41) is 18.3. The second-order valence-electron chi connectivity index (χ2n) is 3.39. The second kappa shape index (κ2) is 7.56. The van der Waals surface area contributed by atoms with E-state index in [9.17, 15) is 5.11 Å². The van der Waals surface area contributed by atoms with Crippen molar-refractivity contribution >= 4 is 0 Å². The molecule has 0 fully saturated rings. The van der Waals surface area contributed by atoms with Crippen LogP contribution in [0.25, 0.3) is 0 Å². The van der Waals surface area contributed by atoms with Crippen LogP contribution >= 0.6 is 0 Å². The van der Waals surface area contributed by atoms with Gasteiger partial charge in [-0.1, -0.05) is 20.3 Å². The third kappa shape index (κ3) is 4.73. The van der Waals surface area contributed by atoms with Crippen molar-refractivity contribution in [3.63, 3.8) is 0 Å². The Morgan fingerprint density at radius 3 is 2.25 bits per heavy atom. The van der Waals surface area contributed by atoms with Crippen molar-refractivity contribution in [2.75, 3.05) is 6.61 Å². The Bertz CT molecular complexity index is 93.8. The van der Waals surface area contributed by atoms with Crippen LogP contribution in [0.15, 0.2) is 0 Å². The van der Waals surface area contributed by atoms with E-state index in [1.165, 1.54) is 0 Å². The molecule has 0 aliphatic carbocycles. The molecule has 12 heavy (non-hydrogen) atoms. The van der Waals surface area contributed by atoms with Crippen molar-refractivity contribution in [1.29, 1.82) is 0 Å². The summed E-state index contributed by atoms with van der Waals surface area (Å²) < 4.78 is 0. The van der Waals surface area contributed by atoms with Crippen LogP contribution in [0, 0.1) is 5.92 Å². The molecule has 0 saturated carbocycles. The van der Waals surface area contributed by atoms with Crippen LogP contribution in [0.3, 0.4) is 0 Å². The summed E-state index contributed by atoms with van der Waals surface area (Å²) in [7, 11) is 0. The van der Waals surface area contributed by atoms with Crippen LogP contribution in [-0.4, -0.2) is 22.9 Å². The van der Waals surface area contributed by atoms with Crippen LogP contribution in [-0.2, 0) is 0 Å². The zero-order chi connectivity index (χ0) is 9.40. The van der Waals surface area contributed by atoms with Crippen molar-refractivity contribution in [3.05, 3.63) is 0 Å². The van der Waals surface area contributed by atoms with Crippen LogP contribution in [0.2, 0.25) is 0 Å². The summed E-state index contributed by atoms with van der Waals surface area (Å²) in [5.74, 6) is 0.396. The maximum Gasteiger partial charge on any atom is 0.0565 e. The van der Waals surface area contributed by atoms with E-state index >= 15 is 0 Å². The first-order valence-electron chi connectivity index (χ1n) is 5.05. The van der Waals surface area contributed by atoms with Gasteiger partial charge < -0.3 is 10.2 Å². The largest absolute Gasteiger partial charge is 0.396 e. The van der Waals surface area contributed by atoms with Gasteiger partial charge >= 0.3 is 0 Å². The average molecular weight is 174 g/mol. The van der Waals surface area contributed by atoms with Crippen molar-refractivity contribution in [3.8, 4) is 0 Å². The number of hydrogen-bond acceptors (Lipinski definition) is 2. The Morgan fingerprint density at radius 1 is 1.17 bits per heavy atom. The minimum Gasteiger partial charge on any atom is -0.396 e. The van der Waals surface area contributed by atoms with Gasteiger partial charge in [-0.2, -0.15) is 0 Å². The van der Waals surface area contributed by atoms with Gasteiger partial charge in [-0.15, -0.1) is 0 Å². The van der Waals surface area contributed by atoms with Gasteiger partial charge in [0.1, 0.15) is 0 Å². The molecule has 0 aromatic heterocycles. The lowest BCUT2D eigenvalue weighted by atomic mass is 9.91. The van der Waals surface area contributed by atoms with Gasteiger partial charge in [0.05, 0.1) is 6.10 Å². The fraction of sp³-hybridized carbons (Fsp3) is 1.00. The molecule has 2 heteroatoms. The van der Waals surface area contributed by atoms with Gasteiger partial charge in [-0.05, 0) is 31.6 Å². The summed E-state index contributed by atoms with van der Waals surface area (Å²) in [5.41, 5.74) is 0. The van der Waals surface area contributed by atoms with E-state index in [0.717, 1.165) is 32.1 Å². The Kier molecular flexibility index (Phi) is 7.51. The molecule has 74 valence electrons. The summed E-state index contributed by atoms with van der Waals surface area (Å²) in [4.78, 5) is 0. The van der Waals surface area contributed by atoms with Crippen LogP contribution in [0.4, 0.5) is 0 Å². The topological polar surface area (TPSA) is 40.5 Å². The lowest BCUT2D eigenvalue weighted by Crippen LogP contribution is -2.19. The highest BCUT2D eigenvalue weighted by atomic mass is 16.3. The van der Waals surface area contributed by atoms with E-state index in [1.54, 1.807) is 0 Å². The number of aliphatic hydroxyl groups excluding tert-OH is 2. The van der Waals surface area contributed by atoms with Crippen LogP contribution in [0.1, 0.15) is 46.0 Å². The van der Waals surface area contributed by atoms with E-state index in [0.29, 0.717) is 5.92 Å². The monoisotopic (exact) mass is 174 g/mol. The van der Waals surface area contributed by atoms with Gasteiger partial charge in [-0.25, -0.2) is 0 Å². The van der Waals surface area contributed by atoms with Crippen LogP contribution < -0.4 is 0 Å². The predicted octanol–water partition coefficient (Wildman–Crippen LogP) is 1.95. The minimum atomic E-state index is -0.170. The molecule has 2 nitrogen and oxygen atoms in total. The maximum atomic E-state index is 9.59. The summed E-state index contributed by atoms with van der Waals surface area (Å²) in [6.07, 6.45) is 4.63. The molecule has 0 aliphatic rings. The third-order valence-electron chi connectivity index (χ3n) is 2.35. The molecule has 0 amide bonds. The van der Waals surface area contributed by atoms with Gasteiger partial charge in [-0.3, -0.25) is 0 Å². The standard InChI is InChI=1S/C10H22O2/c1-3-6-9(7-5-8-11)10(12)4-2/h9-12H,3-8H2,1-2H3. The van der Waals surface area contributed by atoms with Crippen molar-refractivity contribution in [2.45, 2.75) is 52.1 Å². The first-order valence-corrected chi connectivity index (χ1v) is 5.05. The van der Waals surface area contributed by atoms with Gasteiger partial charge in [0.2, 0.25) is 0 Å². The van der Waals surface area contributed by atoms with Crippen molar-refractivity contribution in [2.24, 2.45) is 5.92 Å². The Morgan fingerprint density at radius 2 is 1.83 bits per heavy atom. The summed E-state index contributed by atoms with van der Waals surface area (Å²) in [6.45, 7) is 4.39. The van der Waals surface area contributed by atoms with E-state index in [1.807, 2.05) is 6.92 Å². The molecule has 0 aromatic carbocycles. The molecule has 2 N–H and O–H groups in total. The molecule has 2 unspecified atom stereocenters. The molecule has 0 rings (SSSR count). The zero-order valence-corrected chi connectivity index (χ0v) is 8.29. The predicted molar refractivity (Wildman–Crippen MR) is 51.0 cm³/mol. The normalized spacial score (nSPS) is 16.0. The average Bonchev–Trinajstić information content (AvgIpc) is 2.11. The molecule has 0 aliphatic heterocycles. The van der Waals surface area contributed by atoms with Crippen molar-refractivity contribution < 1.29 is 10.2 Å². The molecular formula is C10H22O2. The number of hydrogen-bond donors (Lipinski definition) is 2. The molecule has 0 saturated heterocycles. The van der Waals surface area contributed by atoms with E-state index in [-0.39, 0.29) is 12.7 Å². The van der Waals surface area contributed by atoms with Gasteiger partial charge in [0, 0.05) is 6.61 Å². The number of rotatable bonds is 7. The molecular weight excluding hydrogens is 152 g/mol. The van der Waals surface area contributed by atoms with E-state index < -0.39 is 0 Å². The Balaban J connectivity index is 3.68. The highest BCUT2D eigenvalue weighted by Crippen LogP contribution is 2.19. The van der Waals surface area contributed by atoms with Gasteiger partial charge in [0.15, 0.2) is 0 Å². The van der Waals surface area contributed by atoms with Crippen molar-refractivity contribution in [1.82, 2.24) is 0 Å². The quantitative estimate of drug-likeness (QED) is 0.619. The highest BCUT2D eigenvalue weighted by Gasteiger charge is 2.15. The second-order valence-corrected chi connectivity index (χ2v) is 3.39. The first-order chi connectivity index (χ1) is 5.76. The molecule has 0 aromatic rings. The number of aliphatic hydroxyl groups is 2. The van der Waals surface area contributed by atoms with E-state index in [2.05, 4.69) is 6.92 Å². The summed E-state index contributed by atoms with van der Waals surface area (Å²) >= 11 is 0. The highest BCUT2D eigenvalue weighted by molar-refractivity contribution is 4.67. The fourth-order valence-corrected chi connectivity index (χ4v) is 1.59.